The fraction of sp³-hybridized carbons (Fsp3) is 0.500. The first-order valence-corrected chi connectivity index (χ1v) is 7.46. The lowest BCUT2D eigenvalue weighted by atomic mass is 10.1. The number of amides is 1. The van der Waals surface area contributed by atoms with Crippen molar-refractivity contribution in [2.24, 2.45) is 4.99 Å². The summed E-state index contributed by atoms with van der Waals surface area (Å²) >= 11 is 0. The van der Waals surface area contributed by atoms with E-state index in [1.807, 2.05) is 13.8 Å². The Kier molecular flexibility index (Phi) is 7.70. The van der Waals surface area contributed by atoms with E-state index < -0.39 is 17.6 Å². The highest BCUT2D eigenvalue weighted by Crippen LogP contribution is 2.29. The van der Waals surface area contributed by atoms with Gasteiger partial charge in [-0.15, -0.1) is 0 Å². The van der Waals surface area contributed by atoms with Crippen molar-refractivity contribution in [2.75, 3.05) is 20.3 Å². The molecule has 1 aromatic carbocycles. The van der Waals surface area contributed by atoms with Gasteiger partial charge in [-0.25, -0.2) is 4.99 Å². The first-order valence-electron chi connectivity index (χ1n) is 7.46. The van der Waals surface area contributed by atoms with E-state index in [-0.39, 0.29) is 24.2 Å². The summed E-state index contributed by atoms with van der Waals surface area (Å²) in [5.74, 6) is -0.722. The Balaban J connectivity index is 2.89. The van der Waals surface area contributed by atoms with Crippen LogP contribution in [-0.2, 0) is 15.7 Å². The fourth-order valence-corrected chi connectivity index (χ4v) is 1.62. The average molecular weight is 346 g/mol. The lowest BCUT2D eigenvalue weighted by molar-refractivity contribution is -0.137. The minimum Gasteiger partial charge on any atom is -0.463 e. The molecule has 0 heterocycles. The molecule has 1 rings (SSSR count). The quantitative estimate of drug-likeness (QED) is 0.489. The normalized spacial score (nSPS) is 13.5. The predicted octanol–water partition coefficient (Wildman–Crippen LogP) is 3.25. The van der Waals surface area contributed by atoms with E-state index in [0.29, 0.717) is 6.61 Å². The average Bonchev–Trinajstić information content (AvgIpc) is 2.54. The van der Waals surface area contributed by atoms with Crippen molar-refractivity contribution in [1.29, 1.82) is 0 Å². The van der Waals surface area contributed by atoms with E-state index in [9.17, 15) is 18.0 Å². The second-order valence-electron chi connectivity index (χ2n) is 5.07. The van der Waals surface area contributed by atoms with E-state index in [1.165, 1.54) is 19.2 Å². The number of benzene rings is 1. The van der Waals surface area contributed by atoms with E-state index in [4.69, 9.17) is 9.47 Å². The number of amidine groups is 1. The molecule has 5 nitrogen and oxygen atoms in total. The molecule has 0 bridgehead atoms. The zero-order valence-corrected chi connectivity index (χ0v) is 13.8. The van der Waals surface area contributed by atoms with Crippen molar-refractivity contribution in [2.45, 2.75) is 32.5 Å². The van der Waals surface area contributed by atoms with Gasteiger partial charge in [0.25, 0.3) is 11.9 Å². The molecular weight excluding hydrogens is 325 g/mol. The monoisotopic (exact) mass is 346 g/mol. The van der Waals surface area contributed by atoms with Crippen LogP contribution in [0.3, 0.4) is 0 Å². The Labute approximate surface area is 138 Å². The van der Waals surface area contributed by atoms with Crippen molar-refractivity contribution >= 4 is 11.9 Å². The summed E-state index contributed by atoms with van der Waals surface area (Å²) in [6.45, 7) is 4.19. The maximum absolute atomic E-state index is 12.7. The molecule has 0 aromatic heterocycles. The lowest BCUT2D eigenvalue weighted by Crippen LogP contribution is -2.34. The molecule has 1 aromatic rings. The second kappa shape index (κ2) is 9.27. The Hall–Kier alpha value is -2.09. The number of rotatable bonds is 6. The number of carbonyl (C=O) groups is 1. The van der Waals surface area contributed by atoms with Crippen LogP contribution in [0.4, 0.5) is 13.2 Å². The maximum Gasteiger partial charge on any atom is 0.416 e. The van der Waals surface area contributed by atoms with Crippen LogP contribution in [-0.4, -0.2) is 38.3 Å². The zero-order chi connectivity index (χ0) is 18.2. The van der Waals surface area contributed by atoms with E-state index in [0.717, 1.165) is 18.6 Å². The van der Waals surface area contributed by atoms with Gasteiger partial charge in [0.2, 0.25) is 0 Å². The smallest absolute Gasteiger partial charge is 0.416 e. The Morgan fingerprint density at radius 3 is 2.62 bits per heavy atom. The van der Waals surface area contributed by atoms with Gasteiger partial charge in [0.15, 0.2) is 0 Å². The molecule has 0 aliphatic rings. The van der Waals surface area contributed by atoms with Crippen LogP contribution in [0.15, 0.2) is 29.3 Å². The third-order valence-electron chi connectivity index (χ3n) is 3.13. The summed E-state index contributed by atoms with van der Waals surface area (Å²) in [6.07, 6.45) is -3.80. The highest BCUT2D eigenvalue weighted by atomic mass is 19.4. The third-order valence-corrected chi connectivity index (χ3v) is 3.13. The van der Waals surface area contributed by atoms with Gasteiger partial charge in [0.05, 0.1) is 18.2 Å². The van der Waals surface area contributed by atoms with Gasteiger partial charge in [-0.1, -0.05) is 13.0 Å². The third kappa shape index (κ3) is 6.57. The Morgan fingerprint density at radius 1 is 1.33 bits per heavy atom. The summed E-state index contributed by atoms with van der Waals surface area (Å²) in [4.78, 5) is 16.4. The highest BCUT2D eigenvalue weighted by molar-refractivity contribution is 6.04. The van der Waals surface area contributed by atoms with Gasteiger partial charge in [0, 0.05) is 12.7 Å². The number of carbonyl (C=O) groups excluding carboxylic acids is 1. The number of hydrogen-bond donors (Lipinski definition) is 1. The molecule has 0 aliphatic carbocycles. The van der Waals surface area contributed by atoms with Gasteiger partial charge in [0.1, 0.15) is 6.61 Å². The van der Waals surface area contributed by atoms with Gasteiger partial charge >= 0.3 is 6.18 Å². The zero-order valence-electron chi connectivity index (χ0n) is 13.8. The standard InChI is InChI=1S/C16H21F3N2O3/c1-4-11(2)20-15(24-9-8-23-3)21-14(22)12-6-5-7-13(10-12)16(17,18)19/h5-7,10-11H,4,8-9H2,1-3H3,(H,20,21,22). The number of nitrogens with zero attached hydrogens (tertiary/aromatic N) is 1. The fourth-order valence-electron chi connectivity index (χ4n) is 1.62. The van der Waals surface area contributed by atoms with Crippen molar-refractivity contribution in [3.63, 3.8) is 0 Å². The van der Waals surface area contributed by atoms with Crippen LogP contribution in [0, 0.1) is 0 Å². The van der Waals surface area contributed by atoms with Crippen LogP contribution >= 0.6 is 0 Å². The molecule has 1 N–H and O–H groups in total. The molecule has 0 saturated heterocycles. The molecular formula is C16H21F3N2O3. The molecule has 0 radical (unpaired) electrons. The van der Waals surface area contributed by atoms with Crippen LogP contribution in [0.25, 0.3) is 0 Å². The van der Waals surface area contributed by atoms with Crippen LogP contribution < -0.4 is 5.32 Å². The molecule has 24 heavy (non-hydrogen) atoms. The number of methoxy groups -OCH3 is 1. The van der Waals surface area contributed by atoms with Gasteiger partial charge in [-0.3, -0.25) is 10.1 Å². The van der Waals surface area contributed by atoms with Gasteiger partial charge in [-0.2, -0.15) is 13.2 Å². The van der Waals surface area contributed by atoms with Gasteiger partial charge < -0.3 is 9.47 Å². The maximum atomic E-state index is 12.7. The summed E-state index contributed by atoms with van der Waals surface area (Å²) < 4.78 is 48.3. The number of alkyl halides is 3. The molecule has 1 atom stereocenters. The summed E-state index contributed by atoms with van der Waals surface area (Å²) in [5, 5.41) is 2.40. The van der Waals surface area contributed by atoms with Crippen LogP contribution in [0.2, 0.25) is 0 Å². The van der Waals surface area contributed by atoms with Crippen LogP contribution in [0.5, 0.6) is 0 Å². The first kappa shape index (κ1) is 20.0. The SMILES string of the molecule is CCC(C)N=C(NC(=O)c1cccc(C(F)(F)F)c1)OCCOC. The Morgan fingerprint density at radius 2 is 2.04 bits per heavy atom. The number of halogens is 3. The second-order valence-corrected chi connectivity index (χ2v) is 5.07. The van der Waals surface area contributed by atoms with Crippen LogP contribution in [0.1, 0.15) is 36.2 Å². The lowest BCUT2D eigenvalue weighted by Gasteiger charge is -2.13. The number of nitrogens with one attached hydrogen (secondary N) is 1. The summed E-state index contributed by atoms with van der Waals surface area (Å²) in [6, 6.07) is 4.01. The predicted molar refractivity (Wildman–Crippen MR) is 83.9 cm³/mol. The highest BCUT2D eigenvalue weighted by Gasteiger charge is 2.31. The minimum absolute atomic E-state index is 0.0381. The molecule has 1 unspecified atom stereocenters. The van der Waals surface area contributed by atoms with Crippen molar-refractivity contribution in [3.05, 3.63) is 35.4 Å². The van der Waals surface area contributed by atoms with Gasteiger partial charge in [-0.05, 0) is 31.5 Å². The molecule has 8 heteroatoms. The molecule has 1 amide bonds. The summed E-state index contributed by atoms with van der Waals surface area (Å²) in [5.41, 5.74) is -1.02. The molecule has 0 fully saturated rings. The van der Waals surface area contributed by atoms with E-state index in [2.05, 4.69) is 10.3 Å². The van der Waals surface area contributed by atoms with E-state index in [1.54, 1.807) is 0 Å². The molecule has 0 aliphatic heterocycles. The van der Waals surface area contributed by atoms with E-state index >= 15 is 0 Å². The van der Waals surface area contributed by atoms with Crippen molar-refractivity contribution in [3.8, 4) is 0 Å². The topological polar surface area (TPSA) is 59.9 Å². The molecule has 0 spiro atoms. The molecule has 0 saturated carbocycles. The summed E-state index contributed by atoms with van der Waals surface area (Å²) in [7, 11) is 1.50. The minimum atomic E-state index is -4.51. The largest absolute Gasteiger partial charge is 0.463 e. The number of aliphatic imine (C=N–C) groups is 1. The molecule has 134 valence electrons. The van der Waals surface area contributed by atoms with Crippen molar-refractivity contribution in [1.82, 2.24) is 5.32 Å². The Bertz CT molecular complexity index is 574. The first-order chi connectivity index (χ1) is 11.3. The number of hydrogen-bond acceptors (Lipinski definition) is 4. The number of ether oxygens (including phenoxy) is 2. The van der Waals surface area contributed by atoms with Crippen molar-refractivity contribution < 1.29 is 27.4 Å².